The first-order valence-corrected chi connectivity index (χ1v) is 10.2. The number of hydrogen-bond acceptors (Lipinski definition) is 4. The van der Waals surface area contributed by atoms with Crippen LogP contribution in [0.3, 0.4) is 0 Å². The van der Waals surface area contributed by atoms with E-state index in [9.17, 15) is 14.0 Å². The Labute approximate surface area is 166 Å². The van der Waals surface area contributed by atoms with E-state index in [0.717, 1.165) is 39.3 Å². The molecule has 2 aliphatic heterocycles. The zero-order valence-electron chi connectivity index (χ0n) is 16.5. The number of carbonyl (C=O) groups excluding carboxylic acids is 2. The van der Waals surface area contributed by atoms with Crippen molar-refractivity contribution in [3.05, 3.63) is 35.6 Å². The number of ether oxygens (including phenoxy) is 1. The number of carbonyl (C=O) groups is 2. The molecular formula is C21H30FN3O3. The number of benzene rings is 1. The van der Waals surface area contributed by atoms with E-state index in [0.29, 0.717) is 31.5 Å². The van der Waals surface area contributed by atoms with E-state index >= 15 is 0 Å². The van der Waals surface area contributed by atoms with Crippen molar-refractivity contribution >= 4 is 11.8 Å². The predicted molar refractivity (Wildman–Crippen MR) is 104 cm³/mol. The van der Waals surface area contributed by atoms with Gasteiger partial charge in [0.1, 0.15) is 5.82 Å². The molecule has 2 saturated heterocycles. The smallest absolute Gasteiger partial charge is 0.225 e. The molecule has 0 saturated carbocycles. The number of hydrogen-bond donors (Lipinski definition) is 1. The highest BCUT2D eigenvalue weighted by Gasteiger charge is 2.40. The molecule has 3 rings (SSSR count). The lowest BCUT2D eigenvalue weighted by atomic mass is 9.83. The fraction of sp³-hybridized carbons (Fsp3) is 0.619. The van der Waals surface area contributed by atoms with E-state index < -0.39 is 12.0 Å². The van der Waals surface area contributed by atoms with Gasteiger partial charge in [-0.05, 0) is 32.4 Å². The van der Waals surface area contributed by atoms with Crippen molar-refractivity contribution in [3.63, 3.8) is 0 Å². The lowest BCUT2D eigenvalue weighted by molar-refractivity contribution is -0.143. The van der Waals surface area contributed by atoms with Crippen molar-refractivity contribution in [2.45, 2.75) is 32.2 Å². The molecule has 2 amide bonds. The Bertz CT molecular complexity index is 679. The van der Waals surface area contributed by atoms with Gasteiger partial charge in [-0.2, -0.15) is 0 Å². The van der Waals surface area contributed by atoms with Crippen LogP contribution in [-0.4, -0.2) is 67.6 Å². The topological polar surface area (TPSA) is 61.9 Å². The highest BCUT2D eigenvalue weighted by Crippen LogP contribution is 2.37. The molecular weight excluding hydrogens is 361 g/mol. The molecule has 1 aromatic rings. The Balaban J connectivity index is 1.63. The van der Waals surface area contributed by atoms with Crippen molar-refractivity contribution in [3.8, 4) is 0 Å². The summed E-state index contributed by atoms with van der Waals surface area (Å²) < 4.78 is 19.8. The summed E-state index contributed by atoms with van der Waals surface area (Å²) in [5.41, 5.74) is 0.422. The van der Waals surface area contributed by atoms with Crippen LogP contribution in [0, 0.1) is 11.7 Å². The normalized spacial score (nSPS) is 23.6. The summed E-state index contributed by atoms with van der Waals surface area (Å²) in [7, 11) is 0. The van der Waals surface area contributed by atoms with Crippen LogP contribution in [0.5, 0.6) is 0 Å². The molecule has 28 heavy (non-hydrogen) atoms. The van der Waals surface area contributed by atoms with E-state index in [1.807, 2.05) is 6.92 Å². The summed E-state index contributed by atoms with van der Waals surface area (Å²) in [5, 5.41) is 3.01. The van der Waals surface area contributed by atoms with Crippen LogP contribution < -0.4 is 5.32 Å². The molecule has 0 radical (unpaired) electrons. The maximum Gasteiger partial charge on any atom is 0.225 e. The van der Waals surface area contributed by atoms with E-state index in [2.05, 4.69) is 10.2 Å². The minimum absolute atomic E-state index is 0.0212. The summed E-state index contributed by atoms with van der Waals surface area (Å²) in [5.74, 6) is -0.919. The molecule has 2 aliphatic rings. The second-order valence-electron chi connectivity index (χ2n) is 7.39. The molecule has 2 atom stereocenters. The van der Waals surface area contributed by atoms with Crippen LogP contribution in [0.15, 0.2) is 24.3 Å². The molecule has 0 unspecified atom stereocenters. The van der Waals surface area contributed by atoms with Crippen LogP contribution >= 0.6 is 0 Å². The highest BCUT2D eigenvalue weighted by molar-refractivity contribution is 5.85. The van der Waals surface area contributed by atoms with Gasteiger partial charge in [-0.15, -0.1) is 0 Å². The van der Waals surface area contributed by atoms with Crippen molar-refractivity contribution in [2.75, 3.05) is 45.9 Å². The van der Waals surface area contributed by atoms with E-state index in [1.165, 1.54) is 6.07 Å². The predicted octanol–water partition coefficient (Wildman–Crippen LogP) is 1.96. The molecule has 7 heteroatoms. The first kappa shape index (κ1) is 20.7. The molecule has 2 fully saturated rings. The van der Waals surface area contributed by atoms with Crippen LogP contribution in [0.2, 0.25) is 0 Å². The fourth-order valence-corrected chi connectivity index (χ4v) is 4.17. The number of nitrogens with zero attached hydrogens (tertiary/aromatic N) is 2. The Morgan fingerprint density at radius 1 is 1.29 bits per heavy atom. The highest BCUT2D eigenvalue weighted by atomic mass is 19.1. The number of rotatable bonds is 7. The van der Waals surface area contributed by atoms with Gasteiger partial charge in [-0.25, -0.2) is 4.39 Å². The minimum atomic E-state index is -0.549. The summed E-state index contributed by atoms with van der Waals surface area (Å²) in [6.07, 6.45) is 1.63. The summed E-state index contributed by atoms with van der Waals surface area (Å²) in [6, 6.07) is 5.90. The van der Waals surface area contributed by atoms with Crippen molar-refractivity contribution in [1.29, 1.82) is 0 Å². The van der Waals surface area contributed by atoms with Gasteiger partial charge in [-0.3, -0.25) is 14.5 Å². The molecule has 1 N–H and O–H groups in total. The molecule has 2 heterocycles. The summed E-state index contributed by atoms with van der Waals surface area (Å²) in [4.78, 5) is 29.3. The van der Waals surface area contributed by atoms with Gasteiger partial charge in [0.05, 0.1) is 25.2 Å². The first-order chi connectivity index (χ1) is 13.6. The molecule has 1 aromatic carbocycles. The zero-order chi connectivity index (χ0) is 19.9. The van der Waals surface area contributed by atoms with Gasteiger partial charge in [0, 0.05) is 38.2 Å². The number of amides is 2. The molecule has 154 valence electrons. The minimum Gasteiger partial charge on any atom is -0.379 e. The van der Waals surface area contributed by atoms with Crippen molar-refractivity contribution < 1.29 is 18.7 Å². The lowest BCUT2D eigenvalue weighted by Crippen LogP contribution is -2.48. The third-order valence-corrected chi connectivity index (χ3v) is 5.66. The second kappa shape index (κ2) is 9.98. The molecule has 0 spiro atoms. The number of piperidine rings is 1. The van der Waals surface area contributed by atoms with E-state index in [-0.39, 0.29) is 17.6 Å². The van der Waals surface area contributed by atoms with Crippen LogP contribution in [-0.2, 0) is 14.3 Å². The quantitative estimate of drug-likeness (QED) is 0.722. The third-order valence-electron chi connectivity index (χ3n) is 5.66. The Hall–Kier alpha value is -1.99. The zero-order valence-corrected chi connectivity index (χ0v) is 16.5. The first-order valence-electron chi connectivity index (χ1n) is 10.2. The molecule has 0 bridgehead atoms. The van der Waals surface area contributed by atoms with Crippen molar-refractivity contribution in [2.24, 2.45) is 5.92 Å². The average Bonchev–Trinajstić information content (AvgIpc) is 2.72. The van der Waals surface area contributed by atoms with Crippen molar-refractivity contribution in [1.82, 2.24) is 15.1 Å². The molecule has 6 nitrogen and oxygen atoms in total. The standard InChI is InChI=1S/C21H30FN3O3/c1-2-25-19(26)9-8-17(20(25)16-6-3-4-7-18(16)22)21(27)23-10-5-11-24-12-14-28-15-13-24/h3-4,6-7,17,20H,2,5,8-15H2,1H3,(H,23,27)/t17-,20+/m1/s1. The van der Waals surface area contributed by atoms with E-state index in [1.54, 1.807) is 23.1 Å². The van der Waals surface area contributed by atoms with Gasteiger partial charge in [-0.1, -0.05) is 18.2 Å². The lowest BCUT2D eigenvalue weighted by Gasteiger charge is -2.40. The van der Waals surface area contributed by atoms with Crippen LogP contribution in [0.25, 0.3) is 0 Å². The number of likely N-dealkylation sites (tertiary alicyclic amines) is 1. The number of halogens is 1. The maximum absolute atomic E-state index is 14.5. The number of morpholine rings is 1. The van der Waals surface area contributed by atoms with Gasteiger partial charge in [0.25, 0.3) is 0 Å². The van der Waals surface area contributed by atoms with Crippen LogP contribution in [0.1, 0.15) is 37.8 Å². The fourth-order valence-electron chi connectivity index (χ4n) is 4.17. The van der Waals surface area contributed by atoms with Gasteiger partial charge in [0.2, 0.25) is 11.8 Å². The Morgan fingerprint density at radius 2 is 2.04 bits per heavy atom. The monoisotopic (exact) mass is 391 g/mol. The second-order valence-corrected chi connectivity index (χ2v) is 7.39. The average molecular weight is 391 g/mol. The van der Waals surface area contributed by atoms with Gasteiger partial charge < -0.3 is 15.0 Å². The Morgan fingerprint density at radius 3 is 2.75 bits per heavy atom. The molecule has 0 aromatic heterocycles. The third kappa shape index (κ3) is 4.89. The van der Waals surface area contributed by atoms with Crippen LogP contribution in [0.4, 0.5) is 4.39 Å². The summed E-state index contributed by atoms with van der Waals surface area (Å²) >= 11 is 0. The maximum atomic E-state index is 14.5. The SMILES string of the molecule is CCN1C(=O)CC[C@@H](C(=O)NCCCN2CCOCC2)[C@@H]1c1ccccc1F. The Kier molecular flexibility index (Phi) is 7.39. The summed E-state index contributed by atoms with van der Waals surface area (Å²) in [6.45, 7) is 7.21. The van der Waals surface area contributed by atoms with E-state index in [4.69, 9.17) is 4.74 Å². The largest absolute Gasteiger partial charge is 0.379 e. The van der Waals surface area contributed by atoms with Gasteiger partial charge in [0.15, 0.2) is 0 Å². The molecule has 0 aliphatic carbocycles. The van der Waals surface area contributed by atoms with Gasteiger partial charge >= 0.3 is 0 Å². The number of nitrogens with one attached hydrogen (secondary N) is 1.